The maximum Gasteiger partial charge on any atom is 0.410 e. The number of nitrogens with two attached hydrogens (primary N) is 1. The fourth-order valence-corrected chi connectivity index (χ4v) is 2.56. The van der Waals surface area contributed by atoms with Crippen LogP contribution in [0.15, 0.2) is 18.2 Å². The van der Waals surface area contributed by atoms with Gasteiger partial charge in [-0.05, 0) is 44.5 Å². The molecular formula is C16H24ClN3O2. The Hall–Kier alpha value is -1.46. The molecule has 0 bridgehead atoms. The van der Waals surface area contributed by atoms with E-state index in [1.54, 1.807) is 11.0 Å². The third-order valence-corrected chi connectivity index (χ3v) is 3.76. The minimum absolute atomic E-state index is 0.241. The summed E-state index contributed by atoms with van der Waals surface area (Å²) in [4.78, 5) is 16.0. The van der Waals surface area contributed by atoms with Gasteiger partial charge >= 0.3 is 6.09 Å². The van der Waals surface area contributed by atoms with E-state index in [4.69, 9.17) is 22.1 Å². The van der Waals surface area contributed by atoms with Gasteiger partial charge in [-0.15, -0.1) is 0 Å². The summed E-state index contributed by atoms with van der Waals surface area (Å²) in [7, 11) is 0. The molecule has 0 spiro atoms. The Morgan fingerprint density at radius 1 is 1.27 bits per heavy atom. The standard InChI is InChI=1S/C16H24ClN3O2/c1-16(2,3)22-15(21)20-8-6-19(7-9-20)11-12-10-13(17)4-5-14(12)18/h4-5,10H,6-9,11,18H2,1-3H3. The van der Waals surface area contributed by atoms with Crippen LogP contribution in [0.2, 0.25) is 5.02 Å². The van der Waals surface area contributed by atoms with Crippen molar-refractivity contribution in [1.82, 2.24) is 9.80 Å². The fourth-order valence-electron chi connectivity index (χ4n) is 2.37. The zero-order valence-electron chi connectivity index (χ0n) is 13.4. The van der Waals surface area contributed by atoms with Gasteiger partial charge in [0.05, 0.1) is 0 Å². The van der Waals surface area contributed by atoms with Gasteiger partial charge in [-0.1, -0.05) is 11.6 Å². The van der Waals surface area contributed by atoms with Crippen LogP contribution in [0.5, 0.6) is 0 Å². The van der Waals surface area contributed by atoms with Crippen molar-refractivity contribution in [3.05, 3.63) is 28.8 Å². The van der Waals surface area contributed by atoms with Crippen LogP contribution in [0.3, 0.4) is 0 Å². The van der Waals surface area contributed by atoms with E-state index < -0.39 is 5.60 Å². The van der Waals surface area contributed by atoms with Gasteiger partial charge < -0.3 is 15.4 Å². The second-order valence-corrected chi connectivity index (χ2v) is 7.02. The predicted molar refractivity (Wildman–Crippen MR) is 88.9 cm³/mol. The first kappa shape index (κ1) is 16.9. The predicted octanol–water partition coefficient (Wildman–Crippen LogP) is 2.97. The average Bonchev–Trinajstić information content (AvgIpc) is 2.42. The Morgan fingerprint density at radius 2 is 1.91 bits per heavy atom. The highest BCUT2D eigenvalue weighted by atomic mass is 35.5. The first-order chi connectivity index (χ1) is 10.2. The highest BCUT2D eigenvalue weighted by Crippen LogP contribution is 2.20. The largest absolute Gasteiger partial charge is 0.444 e. The highest BCUT2D eigenvalue weighted by Gasteiger charge is 2.25. The van der Waals surface area contributed by atoms with Gasteiger partial charge in [-0.2, -0.15) is 0 Å². The van der Waals surface area contributed by atoms with Crippen LogP contribution >= 0.6 is 11.6 Å². The van der Waals surface area contributed by atoms with Gasteiger partial charge in [-0.25, -0.2) is 4.79 Å². The van der Waals surface area contributed by atoms with Gasteiger partial charge in [0, 0.05) is 43.4 Å². The molecule has 0 radical (unpaired) electrons. The zero-order chi connectivity index (χ0) is 16.3. The average molecular weight is 326 g/mol. The van der Waals surface area contributed by atoms with Crippen molar-refractivity contribution in [1.29, 1.82) is 0 Å². The first-order valence-electron chi connectivity index (χ1n) is 7.49. The van der Waals surface area contributed by atoms with Gasteiger partial charge in [0.1, 0.15) is 5.60 Å². The number of carbonyl (C=O) groups is 1. The molecule has 2 N–H and O–H groups in total. The number of hydrogen-bond acceptors (Lipinski definition) is 4. The van der Waals surface area contributed by atoms with Crippen LogP contribution in [0.4, 0.5) is 10.5 Å². The number of rotatable bonds is 2. The molecule has 0 aliphatic carbocycles. The number of hydrogen-bond donors (Lipinski definition) is 1. The van der Waals surface area contributed by atoms with E-state index in [1.807, 2.05) is 32.9 Å². The lowest BCUT2D eigenvalue weighted by atomic mass is 10.1. The molecule has 0 aromatic heterocycles. The Bertz CT molecular complexity index is 535. The lowest BCUT2D eigenvalue weighted by Gasteiger charge is -2.35. The zero-order valence-corrected chi connectivity index (χ0v) is 14.2. The molecule has 122 valence electrons. The first-order valence-corrected chi connectivity index (χ1v) is 7.86. The number of piperazine rings is 1. The molecule has 1 saturated heterocycles. The molecule has 1 aliphatic rings. The maximum absolute atomic E-state index is 12.0. The molecule has 1 aromatic carbocycles. The maximum atomic E-state index is 12.0. The monoisotopic (exact) mass is 325 g/mol. The number of nitrogen functional groups attached to an aromatic ring is 1. The number of ether oxygens (including phenoxy) is 1. The summed E-state index contributed by atoms with van der Waals surface area (Å²) >= 11 is 6.02. The molecule has 1 amide bonds. The number of halogens is 1. The van der Waals surface area contributed by atoms with Crippen LogP contribution in [-0.2, 0) is 11.3 Å². The molecular weight excluding hydrogens is 302 g/mol. The SMILES string of the molecule is CC(C)(C)OC(=O)N1CCN(Cc2cc(Cl)ccc2N)CC1. The summed E-state index contributed by atoms with van der Waals surface area (Å²) in [6, 6.07) is 5.52. The Kier molecular flexibility index (Phi) is 5.19. The summed E-state index contributed by atoms with van der Waals surface area (Å²) in [6.07, 6.45) is -0.241. The lowest BCUT2D eigenvalue weighted by Crippen LogP contribution is -2.49. The van der Waals surface area contributed by atoms with Crippen molar-refractivity contribution in [3.63, 3.8) is 0 Å². The number of benzene rings is 1. The number of amides is 1. The van der Waals surface area contributed by atoms with Crippen LogP contribution in [0.25, 0.3) is 0 Å². The summed E-state index contributed by atoms with van der Waals surface area (Å²) in [5.41, 5.74) is 7.30. The molecule has 1 fully saturated rings. The third kappa shape index (κ3) is 4.78. The van der Waals surface area contributed by atoms with Crippen LogP contribution < -0.4 is 5.73 Å². The minimum atomic E-state index is -0.455. The Morgan fingerprint density at radius 3 is 2.50 bits per heavy atom. The number of nitrogens with zero attached hydrogens (tertiary/aromatic N) is 2. The third-order valence-electron chi connectivity index (χ3n) is 3.52. The van der Waals surface area contributed by atoms with E-state index in [0.29, 0.717) is 18.1 Å². The summed E-state index contributed by atoms with van der Waals surface area (Å²) in [5.74, 6) is 0. The second kappa shape index (κ2) is 6.75. The minimum Gasteiger partial charge on any atom is -0.444 e. The Labute approximate surface area is 137 Å². The smallest absolute Gasteiger partial charge is 0.410 e. The molecule has 6 heteroatoms. The van der Waals surface area contributed by atoms with E-state index in [2.05, 4.69) is 4.90 Å². The topological polar surface area (TPSA) is 58.8 Å². The van der Waals surface area contributed by atoms with Gasteiger partial charge in [0.15, 0.2) is 0 Å². The quantitative estimate of drug-likeness (QED) is 0.849. The molecule has 0 atom stereocenters. The molecule has 22 heavy (non-hydrogen) atoms. The van der Waals surface area contributed by atoms with Crippen molar-refractivity contribution in [2.75, 3.05) is 31.9 Å². The van der Waals surface area contributed by atoms with Crippen molar-refractivity contribution < 1.29 is 9.53 Å². The summed E-state index contributed by atoms with van der Waals surface area (Å²) < 4.78 is 5.40. The van der Waals surface area contributed by atoms with Crippen LogP contribution in [0.1, 0.15) is 26.3 Å². The molecule has 5 nitrogen and oxygen atoms in total. The summed E-state index contributed by atoms with van der Waals surface area (Å²) in [5, 5.41) is 0.691. The second-order valence-electron chi connectivity index (χ2n) is 6.59. The fraction of sp³-hybridized carbons (Fsp3) is 0.562. The lowest BCUT2D eigenvalue weighted by molar-refractivity contribution is 0.0139. The number of anilines is 1. The molecule has 0 saturated carbocycles. The van der Waals surface area contributed by atoms with E-state index >= 15 is 0 Å². The van der Waals surface area contributed by atoms with Crippen molar-refractivity contribution >= 4 is 23.4 Å². The van der Waals surface area contributed by atoms with Crippen molar-refractivity contribution in [3.8, 4) is 0 Å². The van der Waals surface area contributed by atoms with E-state index in [1.165, 1.54) is 0 Å². The Balaban J connectivity index is 1.87. The molecule has 1 heterocycles. The van der Waals surface area contributed by atoms with Crippen LogP contribution in [0, 0.1) is 0 Å². The van der Waals surface area contributed by atoms with Crippen molar-refractivity contribution in [2.45, 2.75) is 32.9 Å². The highest BCUT2D eigenvalue weighted by molar-refractivity contribution is 6.30. The van der Waals surface area contributed by atoms with Crippen LogP contribution in [-0.4, -0.2) is 47.7 Å². The molecule has 2 rings (SSSR count). The van der Waals surface area contributed by atoms with Gasteiger partial charge in [0.2, 0.25) is 0 Å². The number of carbonyl (C=O) groups excluding carboxylic acids is 1. The van der Waals surface area contributed by atoms with E-state index in [-0.39, 0.29) is 6.09 Å². The van der Waals surface area contributed by atoms with E-state index in [9.17, 15) is 4.79 Å². The van der Waals surface area contributed by atoms with E-state index in [0.717, 1.165) is 30.9 Å². The summed E-state index contributed by atoms with van der Waals surface area (Å²) in [6.45, 7) is 9.30. The molecule has 1 aromatic rings. The van der Waals surface area contributed by atoms with Gasteiger partial charge in [0.25, 0.3) is 0 Å². The van der Waals surface area contributed by atoms with Gasteiger partial charge in [-0.3, -0.25) is 4.90 Å². The molecule has 1 aliphatic heterocycles. The molecule has 0 unspecified atom stereocenters. The van der Waals surface area contributed by atoms with Crippen molar-refractivity contribution in [2.24, 2.45) is 0 Å². The normalized spacial score (nSPS) is 16.6.